The van der Waals surface area contributed by atoms with Crippen molar-refractivity contribution in [2.24, 2.45) is 0 Å². The molecule has 2 aromatic rings. The summed E-state index contributed by atoms with van der Waals surface area (Å²) in [4.78, 5) is 16.1. The number of anilines is 2. The number of aryl methyl sites for hydroxylation is 1. The lowest BCUT2D eigenvalue weighted by molar-refractivity contribution is -0.115. The van der Waals surface area contributed by atoms with Gasteiger partial charge in [-0.1, -0.05) is 12.1 Å². The minimum atomic E-state index is -4.33. The number of carbonyl (C=O) groups excluding carboxylic acids is 1. The van der Waals surface area contributed by atoms with E-state index in [0.29, 0.717) is 5.69 Å². The van der Waals surface area contributed by atoms with Crippen LogP contribution in [0.5, 0.6) is 0 Å². The monoisotopic (exact) mass is 341 g/mol. The second-order valence-electron chi connectivity index (χ2n) is 4.63. The van der Waals surface area contributed by atoms with Crippen LogP contribution in [0.2, 0.25) is 0 Å². The molecule has 0 saturated carbocycles. The lowest BCUT2D eigenvalue weighted by atomic mass is 10.2. The topological polar surface area (TPSA) is 54.0 Å². The fraction of sp³-hybridized carbons (Fsp3) is 0.200. The Morgan fingerprint density at radius 2 is 2.00 bits per heavy atom. The molecule has 0 saturated heterocycles. The highest BCUT2D eigenvalue weighted by Gasteiger charge is 2.26. The molecule has 122 valence electrons. The molecule has 0 bridgehead atoms. The third kappa shape index (κ3) is 5.74. The summed E-state index contributed by atoms with van der Waals surface area (Å²) < 4.78 is 36.8. The number of carbonyl (C=O) groups is 1. The number of rotatable bonds is 5. The fourth-order valence-electron chi connectivity index (χ4n) is 1.73. The predicted molar refractivity (Wildman–Crippen MR) is 85.5 cm³/mol. The first kappa shape index (κ1) is 17.0. The van der Waals surface area contributed by atoms with Gasteiger partial charge in [0.2, 0.25) is 5.91 Å². The quantitative estimate of drug-likeness (QED) is 0.806. The Balaban J connectivity index is 2.01. The average molecular weight is 341 g/mol. The molecule has 1 aromatic heterocycles. The van der Waals surface area contributed by atoms with Crippen LogP contribution < -0.4 is 10.6 Å². The molecule has 0 aliphatic heterocycles. The third-order valence-electron chi connectivity index (χ3n) is 2.71. The Kier molecular flexibility index (Phi) is 5.38. The molecule has 23 heavy (non-hydrogen) atoms. The minimum absolute atomic E-state index is 0.205. The normalized spacial score (nSPS) is 11.7. The van der Waals surface area contributed by atoms with Gasteiger partial charge in [-0.2, -0.15) is 13.2 Å². The number of halogens is 3. The summed E-state index contributed by atoms with van der Waals surface area (Å²) in [6.45, 7) is 0.679. The molecule has 1 heterocycles. The summed E-state index contributed by atoms with van der Waals surface area (Å²) in [6, 6.07) is 6.20. The first-order valence-corrected chi connectivity index (χ1v) is 7.52. The first-order valence-electron chi connectivity index (χ1n) is 6.64. The maximum absolute atomic E-state index is 12.3. The van der Waals surface area contributed by atoms with E-state index in [1.54, 1.807) is 23.6 Å². The van der Waals surface area contributed by atoms with E-state index < -0.39 is 18.6 Å². The van der Waals surface area contributed by atoms with Gasteiger partial charge in [0.15, 0.2) is 0 Å². The molecule has 8 heteroatoms. The second kappa shape index (κ2) is 7.28. The maximum Gasteiger partial charge on any atom is 0.405 e. The SMILES string of the molecule is Cc1nc(/C=C/C(=O)Nc2ccccc2NCC(F)(F)F)cs1. The maximum atomic E-state index is 12.3. The number of benzene rings is 1. The van der Waals surface area contributed by atoms with Crippen molar-refractivity contribution in [1.82, 2.24) is 4.98 Å². The number of hydrogen-bond donors (Lipinski definition) is 2. The highest BCUT2D eigenvalue weighted by Crippen LogP contribution is 2.23. The number of nitrogens with one attached hydrogen (secondary N) is 2. The Morgan fingerprint density at radius 3 is 2.61 bits per heavy atom. The van der Waals surface area contributed by atoms with Crippen LogP contribution in [-0.2, 0) is 4.79 Å². The third-order valence-corrected chi connectivity index (χ3v) is 3.50. The van der Waals surface area contributed by atoms with E-state index >= 15 is 0 Å². The van der Waals surface area contributed by atoms with E-state index in [4.69, 9.17) is 0 Å². The number of para-hydroxylation sites is 2. The molecule has 1 amide bonds. The predicted octanol–water partition coefficient (Wildman–Crippen LogP) is 4.08. The van der Waals surface area contributed by atoms with Crippen molar-refractivity contribution in [2.45, 2.75) is 13.1 Å². The van der Waals surface area contributed by atoms with Gasteiger partial charge in [-0.25, -0.2) is 4.98 Å². The lowest BCUT2D eigenvalue weighted by Gasteiger charge is -2.13. The van der Waals surface area contributed by atoms with E-state index in [2.05, 4.69) is 15.6 Å². The zero-order chi connectivity index (χ0) is 16.9. The van der Waals surface area contributed by atoms with E-state index in [0.717, 1.165) is 5.01 Å². The summed E-state index contributed by atoms with van der Waals surface area (Å²) >= 11 is 1.46. The van der Waals surface area contributed by atoms with Crippen molar-refractivity contribution in [3.8, 4) is 0 Å². The molecule has 1 aromatic carbocycles. The lowest BCUT2D eigenvalue weighted by Crippen LogP contribution is -2.22. The summed E-state index contributed by atoms with van der Waals surface area (Å²) in [7, 11) is 0. The van der Waals surface area contributed by atoms with E-state index in [1.165, 1.54) is 29.5 Å². The molecule has 0 aliphatic rings. The number of nitrogens with zero attached hydrogens (tertiary/aromatic N) is 1. The van der Waals surface area contributed by atoms with Gasteiger partial charge >= 0.3 is 6.18 Å². The van der Waals surface area contributed by atoms with Crippen LogP contribution in [0, 0.1) is 6.92 Å². The van der Waals surface area contributed by atoms with Crippen LogP contribution in [-0.4, -0.2) is 23.6 Å². The molecule has 0 unspecified atom stereocenters. The van der Waals surface area contributed by atoms with Crippen LogP contribution in [0.1, 0.15) is 10.7 Å². The van der Waals surface area contributed by atoms with E-state index in [9.17, 15) is 18.0 Å². The zero-order valence-electron chi connectivity index (χ0n) is 12.1. The Labute approximate surface area is 135 Å². The molecule has 0 spiro atoms. The summed E-state index contributed by atoms with van der Waals surface area (Å²) in [5.74, 6) is -0.447. The Hall–Kier alpha value is -2.35. The van der Waals surface area contributed by atoms with Crippen LogP contribution in [0.15, 0.2) is 35.7 Å². The number of aromatic nitrogens is 1. The minimum Gasteiger partial charge on any atom is -0.375 e. The van der Waals surface area contributed by atoms with Gasteiger partial charge in [0, 0.05) is 11.5 Å². The Morgan fingerprint density at radius 1 is 1.30 bits per heavy atom. The highest BCUT2D eigenvalue weighted by molar-refractivity contribution is 7.09. The molecular weight excluding hydrogens is 327 g/mol. The van der Waals surface area contributed by atoms with Gasteiger partial charge in [-0.15, -0.1) is 11.3 Å². The first-order chi connectivity index (χ1) is 10.8. The average Bonchev–Trinajstić information content (AvgIpc) is 2.89. The Bertz CT molecular complexity index is 710. The van der Waals surface area contributed by atoms with Gasteiger partial charge in [-0.3, -0.25) is 4.79 Å². The van der Waals surface area contributed by atoms with Gasteiger partial charge in [0.05, 0.1) is 22.1 Å². The number of hydrogen-bond acceptors (Lipinski definition) is 4. The van der Waals surface area contributed by atoms with Crippen LogP contribution >= 0.6 is 11.3 Å². The van der Waals surface area contributed by atoms with E-state index in [1.807, 2.05) is 6.92 Å². The molecule has 2 N–H and O–H groups in total. The molecule has 0 fully saturated rings. The van der Waals surface area contributed by atoms with Gasteiger partial charge in [0.1, 0.15) is 6.54 Å². The zero-order valence-corrected chi connectivity index (χ0v) is 13.0. The van der Waals surface area contributed by atoms with Crippen molar-refractivity contribution < 1.29 is 18.0 Å². The summed E-state index contributed by atoms with van der Waals surface area (Å²) in [6.07, 6.45) is -1.50. The standard InChI is InChI=1S/C15H14F3N3OS/c1-10-20-11(8-23-10)6-7-14(22)21-13-5-3-2-4-12(13)19-9-15(16,17)18/h2-8,19H,9H2,1H3,(H,21,22)/b7-6+. The summed E-state index contributed by atoms with van der Waals surface area (Å²) in [5.41, 5.74) is 1.14. The largest absolute Gasteiger partial charge is 0.405 e. The van der Waals surface area contributed by atoms with Gasteiger partial charge in [0.25, 0.3) is 0 Å². The second-order valence-corrected chi connectivity index (χ2v) is 5.69. The smallest absolute Gasteiger partial charge is 0.375 e. The van der Waals surface area contributed by atoms with Crippen molar-refractivity contribution in [1.29, 1.82) is 0 Å². The molecule has 0 aliphatic carbocycles. The fourth-order valence-corrected chi connectivity index (χ4v) is 2.31. The van der Waals surface area contributed by atoms with Crippen molar-refractivity contribution in [3.63, 3.8) is 0 Å². The van der Waals surface area contributed by atoms with Crippen molar-refractivity contribution in [3.05, 3.63) is 46.4 Å². The molecule has 0 atom stereocenters. The van der Waals surface area contributed by atoms with Crippen LogP contribution in [0.25, 0.3) is 6.08 Å². The molecule has 0 radical (unpaired) electrons. The van der Waals surface area contributed by atoms with Gasteiger partial charge in [-0.05, 0) is 25.1 Å². The number of alkyl halides is 3. The summed E-state index contributed by atoms with van der Waals surface area (Å²) in [5, 5.41) is 7.49. The highest BCUT2D eigenvalue weighted by atomic mass is 32.1. The van der Waals surface area contributed by atoms with Crippen molar-refractivity contribution >= 4 is 34.7 Å². The number of thiazole rings is 1. The van der Waals surface area contributed by atoms with Gasteiger partial charge < -0.3 is 10.6 Å². The van der Waals surface area contributed by atoms with Crippen molar-refractivity contribution in [2.75, 3.05) is 17.2 Å². The molecule has 4 nitrogen and oxygen atoms in total. The number of amides is 1. The molecule has 2 rings (SSSR count). The molecular formula is C15H14F3N3OS. The van der Waals surface area contributed by atoms with Crippen LogP contribution in [0.4, 0.5) is 24.5 Å². The van der Waals surface area contributed by atoms with Crippen LogP contribution in [0.3, 0.4) is 0 Å². The van der Waals surface area contributed by atoms with E-state index in [-0.39, 0.29) is 11.4 Å².